The SMILES string of the molecule is CCCCCCCCCCCCSOP(OSCCCCCCCCCCCC)OSCCCCCCCCCCCC. The molecule has 0 atom stereocenters. The lowest BCUT2D eigenvalue weighted by Gasteiger charge is -2.14. The Morgan fingerprint density at radius 1 is 0.279 bits per heavy atom. The van der Waals surface area contributed by atoms with Gasteiger partial charge in [0.05, 0.1) is 0 Å². The second-order valence-corrected chi connectivity index (χ2v) is 16.6. The first-order chi connectivity index (χ1) is 21.3. The Morgan fingerprint density at radius 3 is 0.674 bits per heavy atom. The fourth-order valence-corrected chi connectivity index (χ4v) is 9.09. The average Bonchev–Trinajstić information content (AvgIpc) is 3.02. The molecule has 0 heterocycles. The third kappa shape index (κ3) is 39.5. The Bertz CT molecular complexity index is 424. The third-order valence-corrected chi connectivity index (χ3v) is 12.2. The molecule has 0 rings (SSSR count). The van der Waals surface area contributed by atoms with Crippen molar-refractivity contribution in [3.63, 3.8) is 0 Å². The molecule has 0 N–H and O–H groups in total. The molecule has 0 aliphatic heterocycles. The molecule has 0 saturated carbocycles. The van der Waals surface area contributed by atoms with Crippen LogP contribution >= 0.6 is 44.7 Å². The van der Waals surface area contributed by atoms with Gasteiger partial charge < -0.3 is 0 Å². The number of hydrogen-bond acceptors (Lipinski definition) is 6. The Balaban J connectivity index is 3.90. The van der Waals surface area contributed by atoms with Crippen LogP contribution in [0.5, 0.6) is 0 Å². The molecule has 0 spiro atoms. The van der Waals surface area contributed by atoms with Gasteiger partial charge >= 0.3 is 8.60 Å². The fraction of sp³-hybridized carbons (Fsp3) is 1.00. The van der Waals surface area contributed by atoms with Gasteiger partial charge in [0.2, 0.25) is 0 Å². The fourth-order valence-electron chi connectivity index (χ4n) is 5.22. The van der Waals surface area contributed by atoms with E-state index in [2.05, 4.69) is 20.8 Å². The smallest absolute Gasteiger partial charge is 0.239 e. The molecule has 0 aliphatic carbocycles. The number of rotatable bonds is 39. The average molecular weight is 683 g/mol. The lowest BCUT2D eigenvalue weighted by atomic mass is 10.1. The van der Waals surface area contributed by atoms with E-state index < -0.39 is 8.60 Å². The molecule has 0 unspecified atom stereocenters. The van der Waals surface area contributed by atoms with Gasteiger partial charge in [-0.25, -0.2) is 11.9 Å². The first-order valence-corrected chi connectivity index (χ1v) is 22.9. The van der Waals surface area contributed by atoms with E-state index >= 15 is 0 Å². The van der Waals surface area contributed by atoms with Gasteiger partial charge in [-0.2, -0.15) is 0 Å². The highest BCUT2D eigenvalue weighted by Crippen LogP contribution is 2.50. The maximum Gasteiger partial charge on any atom is 0.369 e. The van der Waals surface area contributed by atoms with Gasteiger partial charge in [-0.05, 0) is 19.3 Å². The Kier molecular flexibility index (Phi) is 42.7. The minimum atomic E-state index is -1.29. The van der Waals surface area contributed by atoms with E-state index in [-0.39, 0.29) is 0 Å². The topological polar surface area (TPSA) is 27.7 Å². The van der Waals surface area contributed by atoms with E-state index in [0.29, 0.717) is 0 Å². The predicted octanol–water partition coefficient (Wildman–Crippen LogP) is 16.0. The van der Waals surface area contributed by atoms with Crippen molar-refractivity contribution in [2.45, 2.75) is 213 Å². The highest BCUT2D eigenvalue weighted by Gasteiger charge is 2.15. The summed E-state index contributed by atoms with van der Waals surface area (Å²) in [5.41, 5.74) is 0. The molecule has 0 radical (unpaired) electrons. The standard InChI is InChI=1S/C36H75O3PS3/c1-4-7-10-13-16-19-22-25-28-31-34-41-37-40(38-42-35-32-29-26-23-20-17-14-11-8-5-2)39-43-36-33-30-27-24-21-18-15-12-9-6-3/h4-36H2,1-3H3. The van der Waals surface area contributed by atoms with Crippen molar-refractivity contribution in [2.24, 2.45) is 0 Å². The Labute approximate surface area is 286 Å². The summed E-state index contributed by atoms with van der Waals surface area (Å²) in [7, 11) is -1.29. The quantitative estimate of drug-likeness (QED) is 0.0364. The van der Waals surface area contributed by atoms with Crippen molar-refractivity contribution < 1.29 is 11.9 Å². The van der Waals surface area contributed by atoms with Crippen LogP contribution < -0.4 is 0 Å². The van der Waals surface area contributed by atoms with Crippen molar-refractivity contribution in [3.8, 4) is 0 Å². The second kappa shape index (κ2) is 41.4. The predicted molar refractivity (Wildman–Crippen MR) is 203 cm³/mol. The van der Waals surface area contributed by atoms with Crippen LogP contribution in [0.25, 0.3) is 0 Å². The van der Waals surface area contributed by atoms with E-state index in [1.54, 1.807) is 36.1 Å². The molecule has 0 bridgehead atoms. The lowest BCUT2D eigenvalue weighted by molar-refractivity contribution is 0.467. The van der Waals surface area contributed by atoms with Gasteiger partial charge in [0, 0.05) is 53.4 Å². The Hall–Kier alpha value is 1.36. The van der Waals surface area contributed by atoms with Gasteiger partial charge in [0.15, 0.2) is 0 Å². The lowest BCUT2D eigenvalue weighted by Crippen LogP contribution is -1.89. The van der Waals surface area contributed by atoms with Crippen LogP contribution in [0.2, 0.25) is 0 Å². The molecule has 43 heavy (non-hydrogen) atoms. The number of unbranched alkanes of at least 4 members (excludes halogenated alkanes) is 27. The molecule has 0 aliphatic rings. The van der Waals surface area contributed by atoms with Gasteiger partial charge in [-0.3, -0.25) is 0 Å². The van der Waals surface area contributed by atoms with Crippen LogP contribution in [-0.2, 0) is 11.9 Å². The summed E-state index contributed by atoms with van der Waals surface area (Å²) in [6, 6.07) is 0. The van der Waals surface area contributed by atoms with Crippen LogP contribution in [-0.4, -0.2) is 17.3 Å². The molecular formula is C36H75O3PS3. The van der Waals surface area contributed by atoms with Crippen molar-refractivity contribution in [1.82, 2.24) is 0 Å². The van der Waals surface area contributed by atoms with Crippen molar-refractivity contribution in [1.29, 1.82) is 0 Å². The molecule has 0 aromatic carbocycles. The highest BCUT2D eigenvalue weighted by atomic mass is 32.2. The van der Waals surface area contributed by atoms with Crippen LogP contribution in [0, 0.1) is 0 Å². The number of hydrogen-bond donors (Lipinski definition) is 0. The van der Waals surface area contributed by atoms with Crippen LogP contribution in [0.1, 0.15) is 213 Å². The van der Waals surface area contributed by atoms with Crippen molar-refractivity contribution in [2.75, 3.05) is 17.3 Å². The van der Waals surface area contributed by atoms with E-state index in [1.165, 1.54) is 193 Å². The minimum absolute atomic E-state index is 1.04. The molecule has 0 aromatic heterocycles. The molecular weight excluding hydrogens is 608 g/mol. The van der Waals surface area contributed by atoms with Crippen LogP contribution in [0.3, 0.4) is 0 Å². The minimum Gasteiger partial charge on any atom is -0.239 e. The van der Waals surface area contributed by atoms with Gasteiger partial charge in [-0.15, -0.1) is 0 Å². The molecule has 0 amide bonds. The van der Waals surface area contributed by atoms with Crippen molar-refractivity contribution in [3.05, 3.63) is 0 Å². The zero-order valence-electron chi connectivity index (χ0n) is 29.2. The van der Waals surface area contributed by atoms with Gasteiger partial charge in [-0.1, -0.05) is 194 Å². The summed E-state index contributed by atoms with van der Waals surface area (Å²) >= 11 is 4.68. The summed E-state index contributed by atoms with van der Waals surface area (Å²) in [4.78, 5) is 0. The molecule has 0 saturated heterocycles. The first kappa shape index (κ1) is 44.4. The molecule has 260 valence electrons. The molecule has 7 heteroatoms. The maximum atomic E-state index is 6.02. The maximum absolute atomic E-state index is 6.02. The summed E-state index contributed by atoms with van der Waals surface area (Å²) in [6.07, 6.45) is 41.1. The molecule has 0 fully saturated rings. The highest BCUT2D eigenvalue weighted by molar-refractivity contribution is 8.03. The van der Waals surface area contributed by atoms with E-state index in [0.717, 1.165) is 17.3 Å². The summed E-state index contributed by atoms with van der Waals surface area (Å²) in [5, 5.41) is 0. The van der Waals surface area contributed by atoms with Crippen LogP contribution in [0.4, 0.5) is 0 Å². The molecule has 3 nitrogen and oxygen atoms in total. The van der Waals surface area contributed by atoms with E-state index in [4.69, 9.17) is 11.9 Å². The Morgan fingerprint density at radius 2 is 0.465 bits per heavy atom. The summed E-state index contributed by atoms with van der Waals surface area (Å²) in [6.45, 7) is 6.87. The third-order valence-electron chi connectivity index (χ3n) is 8.08. The largest absolute Gasteiger partial charge is 0.369 e. The zero-order valence-corrected chi connectivity index (χ0v) is 32.6. The van der Waals surface area contributed by atoms with E-state index in [1.807, 2.05) is 0 Å². The summed E-state index contributed by atoms with van der Waals surface area (Å²) < 4.78 is 18.1. The van der Waals surface area contributed by atoms with Crippen molar-refractivity contribution >= 4 is 44.7 Å². The van der Waals surface area contributed by atoms with Gasteiger partial charge in [0.25, 0.3) is 0 Å². The zero-order chi connectivity index (χ0) is 31.2. The van der Waals surface area contributed by atoms with Gasteiger partial charge in [0.1, 0.15) is 0 Å². The normalized spacial score (nSPS) is 11.7. The summed E-state index contributed by atoms with van der Waals surface area (Å²) in [5.74, 6) is 3.11. The van der Waals surface area contributed by atoms with Crippen LogP contribution in [0.15, 0.2) is 0 Å². The first-order valence-electron chi connectivity index (χ1n) is 19.0. The van der Waals surface area contributed by atoms with E-state index in [9.17, 15) is 0 Å². The second-order valence-electron chi connectivity index (χ2n) is 12.5. The molecule has 0 aromatic rings. The monoisotopic (exact) mass is 682 g/mol.